The number of nitrogens with one attached hydrogen (secondary N) is 2. The highest BCUT2D eigenvalue weighted by Gasteiger charge is 2.05. The summed E-state index contributed by atoms with van der Waals surface area (Å²) in [6, 6.07) is 5.72. The molecule has 2 aromatic rings. The van der Waals surface area contributed by atoms with Gasteiger partial charge in [0.2, 0.25) is 0 Å². The number of aliphatic imine (C=N–C) groups is 1. The van der Waals surface area contributed by atoms with Crippen LogP contribution in [0.2, 0.25) is 0 Å². The Morgan fingerprint density at radius 2 is 2.17 bits per heavy atom. The van der Waals surface area contributed by atoms with E-state index in [1.54, 1.807) is 0 Å². The van der Waals surface area contributed by atoms with Gasteiger partial charge in [-0.1, -0.05) is 6.07 Å². The number of rotatable bonds is 6. The number of esters is 1. The molecule has 8 nitrogen and oxygen atoms in total. The zero-order valence-electron chi connectivity index (χ0n) is 13.2. The minimum atomic E-state index is -0.258. The smallest absolute Gasteiger partial charge is 0.307 e. The van der Waals surface area contributed by atoms with Gasteiger partial charge in [-0.2, -0.15) is 0 Å². The Bertz CT molecular complexity index is 658. The van der Waals surface area contributed by atoms with Crippen molar-refractivity contribution in [2.24, 2.45) is 4.99 Å². The number of fused-ring (bicyclic) bond motifs is 1. The van der Waals surface area contributed by atoms with Gasteiger partial charge in [0.15, 0.2) is 17.4 Å². The number of carbonyl (C=O) groups is 1. The van der Waals surface area contributed by atoms with Gasteiger partial charge in [0.05, 0.1) is 13.5 Å². The fourth-order valence-corrected chi connectivity index (χ4v) is 1.88. The molecule has 0 spiro atoms. The molecule has 0 saturated heterocycles. The molecule has 0 atom stereocenters. The molecule has 0 bridgehead atoms. The van der Waals surface area contributed by atoms with Gasteiger partial charge < -0.3 is 15.4 Å². The average molecular weight is 432 g/mol. The molecule has 0 amide bonds. The minimum Gasteiger partial charge on any atom is -0.469 e. The third kappa shape index (κ3) is 5.66. The number of guanidine groups is 1. The molecule has 0 aliphatic carbocycles. The standard InChI is InChI=1S/C14H20N6O2.HI/c1-3-15-14(16-8-7-13(21)22-2)17-10-12-19-18-11-6-4-5-9-20(11)12;/h4-6,9H,3,7-8,10H2,1-2H3,(H2,15,16,17);1H. The van der Waals surface area contributed by atoms with Crippen molar-refractivity contribution in [2.45, 2.75) is 19.9 Å². The highest BCUT2D eigenvalue weighted by molar-refractivity contribution is 14.0. The first kappa shape index (κ1) is 19.1. The van der Waals surface area contributed by atoms with Crippen molar-refractivity contribution in [3.8, 4) is 0 Å². The summed E-state index contributed by atoms with van der Waals surface area (Å²) in [5.41, 5.74) is 0.788. The van der Waals surface area contributed by atoms with Gasteiger partial charge in [0.1, 0.15) is 6.54 Å². The monoisotopic (exact) mass is 432 g/mol. The van der Waals surface area contributed by atoms with Gasteiger partial charge in [0.25, 0.3) is 0 Å². The fraction of sp³-hybridized carbons (Fsp3) is 0.429. The molecule has 0 aliphatic rings. The number of pyridine rings is 1. The third-order valence-electron chi connectivity index (χ3n) is 2.96. The van der Waals surface area contributed by atoms with E-state index in [0.717, 1.165) is 18.0 Å². The summed E-state index contributed by atoms with van der Waals surface area (Å²) in [5.74, 6) is 1.12. The largest absolute Gasteiger partial charge is 0.469 e. The van der Waals surface area contributed by atoms with E-state index in [1.807, 2.05) is 35.7 Å². The van der Waals surface area contributed by atoms with Crippen molar-refractivity contribution < 1.29 is 9.53 Å². The van der Waals surface area contributed by atoms with Crippen LogP contribution < -0.4 is 10.6 Å². The van der Waals surface area contributed by atoms with Crippen molar-refractivity contribution in [3.63, 3.8) is 0 Å². The first-order valence-electron chi connectivity index (χ1n) is 7.12. The van der Waals surface area contributed by atoms with E-state index >= 15 is 0 Å². The van der Waals surface area contributed by atoms with Gasteiger partial charge in [-0.3, -0.25) is 9.20 Å². The van der Waals surface area contributed by atoms with Gasteiger partial charge in [-0.05, 0) is 19.1 Å². The molecule has 2 heterocycles. The second-order valence-electron chi connectivity index (χ2n) is 4.49. The van der Waals surface area contributed by atoms with Crippen LogP contribution in [-0.2, 0) is 16.1 Å². The lowest BCUT2D eigenvalue weighted by molar-refractivity contribution is -0.140. The molecule has 2 rings (SSSR count). The van der Waals surface area contributed by atoms with E-state index < -0.39 is 0 Å². The zero-order chi connectivity index (χ0) is 15.8. The lowest BCUT2D eigenvalue weighted by Gasteiger charge is -2.10. The van der Waals surface area contributed by atoms with E-state index in [-0.39, 0.29) is 36.4 Å². The van der Waals surface area contributed by atoms with Crippen molar-refractivity contribution in [1.29, 1.82) is 0 Å². The van der Waals surface area contributed by atoms with Crippen LogP contribution in [0.25, 0.3) is 5.65 Å². The van der Waals surface area contributed by atoms with Crippen molar-refractivity contribution in [3.05, 3.63) is 30.2 Å². The molecule has 126 valence electrons. The summed E-state index contributed by atoms with van der Waals surface area (Å²) in [4.78, 5) is 15.5. The maximum Gasteiger partial charge on any atom is 0.307 e. The maximum absolute atomic E-state index is 11.1. The van der Waals surface area contributed by atoms with Crippen LogP contribution in [-0.4, -0.2) is 46.7 Å². The summed E-state index contributed by atoms with van der Waals surface area (Å²) in [6.07, 6.45) is 2.19. The molecule has 0 saturated carbocycles. The van der Waals surface area contributed by atoms with Gasteiger partial charge in [-0.15, -0.1) is 34.2 Å². The Kier molecular flexibility index (Phi) is 8.30. The predicted molar refractivity (Wildman–Crippen MR) is 97.9 cm³/mol. The fourth-order valence-electron chi connectivity index (χ4n) is 1.88. The Balaban J connectivity index is 0.00000264. The first-order valence-corrected chi connectivity index (χ1v) is 7.12. The molecule has 0 unspecified atom stereocenters. The van der Waals surface area contributed by atoms with E-state index in [0.29, 0.717) is 19.0 Å². The van der Waals surface area contributed by atoms with E-state index in [9.17, 15) is 4.79 Å². The maximum atomic E-state index is 11.1. The van der Waals surface area contributed by atoms with Crippen LogP contribution in [0.3, 0.4) is 0 Å². The minimum absolute atomic E-state index is 0. The third-order valence-corrected chi connectivity index (χ3v) is 2.96. The normalized spacial score (nSPS) is 11.0. The molecular weight excluding hydrogens is 411 g/mol. The molecular formula is C14H21IN6O2. The van der Waals surface area contributed by atoms with Crippen molar-refractivity contribution in [1.82, 2.24) is 25.2 Å². The van der Waals surface area contributed by atoms with Crippen LogP contribution >= 0.6 is 24.0 Å². The topological polar surface area (TPSA) is 92.9 Å². The quantitative estimate of drug-likeness (QED) is 0.306. The zero-order valence-corrected chi connectivity index (χ0v) is 15.5. The van der Waals surface area contributed by atoms with E-state index in [4.69, 9.17) is 0 Å². The predicted octanol–water partition coefficient (Wildman–Crippen LogP) is 0.965. The SMILES string of the molecule is CCNC(=NCc1nnc2ccccn12)NCCC(=O)OC.I. The highest BCUT2D eigenvalue weighted by atomic mass is 127. The van der Waals surface area contributed by atoms with Crippen LogP contribution in [0.15, 0.2) is 29.4 Å². The molecule has 0 aromatic carbocycles. The van der Waals surface area contributed by atoms with Crippen LogP contribution in [0.4, 0.5) is 0 Å². The van der Waals surface area contributed by atoms with Crippen molar-refractivity contribution in [2.75, 3.05) is 20.2 Å². The van der Waals surface area contributed by atoms with Crippen molar-refractivity contribution >= 4 is 41.6 Å². The van der Waals surface area contributed by atoms with Crippen LogP contribution in [0.5, 0.6) is 0 Å². The summed E-state index contributed by atoms with van der Waals surface area (Å²) in [5, 5.41) is 14.4. The Hall–Kier alpha value is -1.91. The first-order chi connectivity index (χ1) is 10.7. The molecule has 2 aromatic heterocycles. The summed E-state index contributed by atoms with van der Waals surface area (Å²) in [6.45, 7) is 3.55. The number of halogens is 1. The molecule has 0 radical (unpaired) electrons. The lowest BCUT2D eigenvalue weighted by Crippen LogP contribution is -2.38. The molecule has 0 aliphatic heterocycles. The number of aromatic nitrogens is 3. The molecule has 9 heteroatoms. The molecule has 2 N–H and O–H groups in total. The van der Waals surface area contributed by atoms with Crippen LogP contribution in [0, 0.1) is 0 Å². The number of carbonyl (C=O) groups excluding carboxylic acids is 1. The van der Waals surface area contributed by atoms with Gasteiger partial charge >= 0.3 is 5.97 Å². The van der Waals surface area contributed by atoms with Gasteiger partial charge in [-0.25, -0.2) is 4.99 Å². The Labute approximate surface area is 151 Å². The molecule has 0 fully saturated rings. The Morgan fingerprint density at radius 1 is 1.35 bits per heavy atom. The Morgan fingerprint density at radius 3 is 2.91 bits per heavy atom. The number of ether oxygens (including phenoxy) is 1. The second-order valence-corrected chi connectivity index (χ2v) is 4.49. The van der Waals surface area contributed by atoms with E-state index in [2.05, 4.69) is 30.6 Å². The summed E-state index contributed by atoms with van der Waals surface area (Å²) in [7, 11) is 1.37. The summed E-state index contributed by atoms with van der Waals surface area (Å²) >= 11 is 0. The average Bonchev–Trinajstić information content (AvgIpc) is 2.95. The van der Waals surface area contributed by atoms with Gasteiger partial charge in [0, 0.05) is 19.3 Å². The van der Waals surface area contributed by atoms with Crippen LogP contribution in [0.1, 0.15) is 19.2 Å². The highest BCUT2D eigenvalue weighted by Crippen LogP contribution is 2.03. The lowest BCUT2D eigenvalue weighted by atomic mass is 10.4. The number of hydrogen-bond acceptors (Lipinski definition) is 5. The molecule has 23 heavy (non-hydrogen) atoms. The second kappa shape index (κ2) is 9.98. The number of nitrogens with zero attached hydrogens (tertiary/aromatic N) is 4. The number of hydrogen-bond donors (Lipinski definition) is 2. The summed E-state index contributed by atoms with van der Waals surface area (Å²) < 4.78 is 6.49. The number of methoxy groups -OCH3 is 1. The van der Waals surface area contributed by atoms with E-state index in [1.165, 1.54) is 7.11 Å².